The van der Waals surface area contributed by atoms with E-state index in [1.807, 2.05) is 24.3 Å². The molecule has 23 heavy (non-hydrogen) atoms. The van der Waals surface area contributed by atoms with E-state index < -0.39 is 0 Å². The van der Waals surface area contributed by atoms with E-state index >= 15 is 0 Å². The lowest BCUT2D eigenvalue weighted by molar-refractivity contribution is -0.116. The molecule has 0 aromatic heterocycles. The molecule has 4 nitrogen and oxygen atoms in total. The van der Waals surface area contributed by atoms with Crippen LogP contribution in [-0.2, 0) is 4.79 Å². The molecule has 1 aliphatic carbocycles. The summed E-state index contributed by atoms with van der Waals surface area (Å²) < 4.78 is 16.1. The Morgan fingerprint density at radius 1 is 0.957 bits per heavy atom. The van der Waals surface area contributed by atoms with Gasteiger partial charge in [-0.3, -0.25) is 4.79 Å². The minimum Gasteiger partial charge on any atom is -0.493 e. The molecule has 0 atom stereocenters. The highest BCUT2D eigenvalue weighted by Gasteiger charge is 2.26. The molecule has 0 fully saturated rings. The molecule has 124 valence electrons. The summed E-state index contributed by atoms with van der Waals surface area (Å²) in [5.74, 6) is 1.98. The van der Waals surface area contributed by atoms with Crippen LogP contribution in [0.5, 0.6) is 17.2 Å². The SMILES string of the molecule is COc1ccc(/C=C/C2=CC(=O)CC(C)(C)C2)c(OC)c1OC. The van der Waals surface area contributed by atoms with E-state index in [1.165, 1.54) is 0 Å². The Balaban J connectivity index is 2.35. The summed E-state index contributed by atoms with van der Waals surface area (Å²) in [6, 6.07) is 3.75. The highest BCUT2D eigenvalue weighted by molar-refractivity contribution is 5.92. The third kappa shape index (κ3) is 3.95. The highest BCUT2D eigenvalue weighted by Crippen LogP contribution is 2.41. The molecule has 0 unspecified atom stereocenters. The van der Waals surface area contributed by atoms with Gasteiger partial charge in [0.25, 0.3) is 0 Å². The first kappa shape index (κ1) is 17.1. The number of hydrogen-bond donors (Lipinski definition) is 0. The number of carbonyl (C=O) groups excluding carboxylic acids is 1. The van der Waals surface area contributed by atoms with Crippen LogP contribution >= 0.6 is 0 Å². The van der Waals surface area contributed by atoms with E-state index in [2.05, 4.69) is 13.8 Å². The lowest BCUT2D eigenvalue weighted by Crippen LogP contribution is -2.21. The number of ether oxygens (including phenoxy) is 3. The third-order valence-electron chi connectivity index (χ3n) is 3.89. The normalized spacial score (nSPS) is 17.1. The maximum Gasteiger partial charge on any atom is 0.203 e. The zero-order valence-corrected chi connectivity index (χ0v) is 14.4. The van der Waals surface area contributed by atoms with Gasteiger partial charge in [0.1, 0.15) is 0 Å². The Labute approximate surface area is 137 Å². The van der Waals surface area contributed by atoms with Crippen molar-refractivity contribution in [2.45, 2.75) is 26.7 Å². The predicted octanol–water partition coefficient (Wildman–Crippen LogP) is 4.04. The number of ketones is 1. The molecule has 2 rings (SSSR count). The molecule has 0 aliphatic heterocycles. The van der Waals surface area contributed by atoms with Gasteiger partial charge in [-0.05, 0) is 35.6 Å². The fourth-order valence-corrected chi connectivity index (χ4v) is 2.96. The summed E-state index contributed by atoms with van der Waals surface area (Å²) in [5.41, 5.74) is 1.91. The van der Waals surface area contributed by atoms with Crippen molar-refractivity contribution in [3.63, 3.8) is 0 Å². The zero-order valence-electron chi connectivity index (χ0n) is 14.4. The van der Waals surface area contributed by atoms with Crippen LogP contribution in [0.3, 0.4) is 0 Å². The van der Waals surface area contributed by atoms with E-state index in [1.54, 1.807) is 27.4 Å². The average molecular weight is 316 g/mol. The first-order valence-electron chi connectivity index (χ1n) is 7.60. The summed E-state index contributed by atoms with van der Waals surface area (Å²) in [7, 11) is 4.77. The van der Waals surface area contributed by atoms with Gasteiger partial charge in [0.05, 0.1) is 21.3 Å². The molecular weight excluding hydrogens is 292 g/mol. The second kappa shape index (κ2) is 6.90. The van der Waals surface area contributed by atoms with Crippen molar-refractivity contribution in [3.05, 3.63) is 35.4 Å². The number of allylic oxidation sites excluding steroid dienone is 3. The van der Waals surface area contributed by atoms with Gasteiger partial charge in [0.2, 0.25) is 5.75 Å². The Bertz CT molecular complexity index is 654. The van der Waals surface area contributed by atoms with Crippen molar-refractivity contribution in [3.8, 4) is 17.2 Å². The molecule has 4 heteroatoms. The topological polar surface area (TPSA) is 44.8 Å². The molecule has 0 radical (unpaired) electrons. The molecule has 0 bridgehead atoms. The molecule has 0 saturated heterocycles. The van der Waals surface area contributed by atoms with E-state index in [9.17, 15) is 4.79 Å². The Hall–Kier alpha value is -2.23. The second-order valence-corrected chi connectivity index (χ2v) is 6.46. The van der Waals surface area contributed by atoms with Gasteiger partial charge in [0, 0.05) is 12.0 Å². The Morgan fingerprint density at radius 2 is 1.65 bits per heavy atom. The average Bonchev–Trinajstić information content (AvgIpc) is 2.49. The van der Waals surface area contributed by atoms with Gasteiger partial charge >= 0.3 is 0 Å². The van der Waals surface area contributed by atoms with Gasteiger partial charge in [-0.2, -0.15) is 0 Å². The number of methoxy groups -OCH3 is 3. The lowest BCUT2D eigenvalue weighted by atomic mass is 9.77. The van der Waals surface area contributed by atoms with Crippen molar-refractivity contribution in [1.82, 2.24) is 0 Å². The monoisotopic (exact) mass is 316 g/mol. The van der Waals surface area contributed by atoms with E-state index in [0.29, 0.717) is 23.7 Å². The van der Waals surface area contributed by atoms with Crippen LogP contribution < -0.4 is 14.2 Å². The molecule has 1 aromatic carbocycles. The van der Waals surface area contributed by atoms with Crippen LogP contribution in [0.1, 0.15) is 32.3 Å². The summed E-state index contributed by atoms with van der Waals surface area (Å²) in [6.07, 6.45) is 7.13. The van der Waals surface area contributed by atoms with Crippen molar-refractivity contribution in [2.75, 3.05) is 21.3 Å². The highest BCUT2D eigenvalue weighted by atomic mass is 16.5. The fourth-order valence-electron chi connectivity index (χ4n) is 2.96. The molecule has 1 aliphatic rings. The van der Waals surface area contributed by atoms with Gasteiger partial charge in [-0.15, -0.1) is 0 Å². The van der Waals surface area contributed by atoms with E-state index in [0.717, 1.165) is 17.6 Å². The molecule has 0 spiro atoms. The molecule has 0 heterocycles. The van der Waals surface area contributed by atoms with Crippen LogP contribution in [-0.4, -0.2) is 27.1 Å². The predicted molar refractivity (Wildman–Crippen MR) is 91.2 cm³/mol. The summed E-state index contributed by atoms with van der Waals surface area (Å²) >= 11 is 0. The number of benzene rings is 1. The molecular formula is C19H24O4. The Morgan fingerprint density at radius 3 is 2.22 bits per heavy atom. The molecule has 1 aromatic rings. The maximum absolute atomic E-state index is 11.8. The smallest absolute Gasteiger partial charge is 0.203 e. The summed E-state index contributed by atoms with van der Waals surface area (Å²) in [5, 5.41) is 0. The second-order valence-electron chi connectivity index (χ2n) is 6.46. The van der Waals surface area contributed by atoms with E-state index in [4.69, 9.17) is 14.2 Å². The van der Waals surface area contributed by atoms with Crippen molar-refractivity contribution in [1.29, 1.82) is 0 Å². The van der Waals surface area contributed by atoms with Crippen LogP contribution in [0.2, 0.25) is 0 Å². The number of hydrogen-bond acceptors (Lipinski definition) is 4. The first-order valence-corrected chi connectivity index (χ1v) is 7.60. The van der Waals surface area contributed by atoms with Gasteiger partial charge in [-0.1, -0.05) is 26.0 Å². The van der Waals surface area contributed by atoms with Crippen LogP contribution in [0.25, 0.3) is 6.08 Å². The number of rotatable bonds is 5. The van der Waals surface area contributed by atoms with Crippen molar-refractivity contribution in [2.24, 2.45) is 5.41 Å². The van der Waals surface area contributed by atoms with Crippen LogP contribution in [0.15, 0.2) is 29.9 Å². The van der Waals surface area contributed by atoms with Crippen molar-refractivity contribution >= 4 is 11.9 Å². The van der Waals surface area contributed by atoms with Crippen LogP contribution in [0.4, 0.5) is 0 Å². The van der Waals surface area contributed by atoms with Gasteiger partial charge in [-0.25, -0.2) is 0 Å². The van der Waals surface area contributed by atoms with Crippen molar-refractivity contribution < 1.29 is 19.0 Å². The van der Waals surface area contributed by atoms with Crippen LogP contribution in [0, 0.1) is 5.41 Å². The zero-order chi connectivity index (χ0) is 17.0. The minimum absolute atomic E-state index is 0.00713. The van der Waals surface area contributed by atoms with Gasteiger partial charge in [0.15, 0.2) is 17.3 Å². The fraction of sp³-hybridized carbons (Fsp3) is 0.421. The minimum atomic E-state index is 0.00713. The molecule has 0 N–H and O–H groups in total. The first-order chi connectivity index (χ1) is 10.9. The lowest BCUT2D eigenvalue weighted by Gasteiger charge is -2.27. The maximum atomic E-state index is 11.8. The molecule has 0 saturated carbocycles. The van der Waals surface area contributed by atoms with E-state index in [-0.39, 0.29) is 11.2 Å². The molecule has 0 amide bonds. The summed E-state index contributed by atoms with van der Waals surface area (Å²) in [4.78, 5) is 11.8. The number of carbonyl (C=O) groups is 1. The largest absolute Gasteiger partial charge is 0.493 e. The van der Waals surface area contributed by atoms with Gasteiger partial charge < -0.3 is 14.2 Å². The Kier molecular flexibility index (Phi) is 5.14. The quantitative estimate of drug-likeness (QED) is 0.822. The standard InChI is InChI=1S/C19H24O4/c1-19(2)11-13(10-15(20)12-19)6-7-14-8-9-16(21-3)18(23-5)17(14)22-4/h6-10H,11-12H2,1-5H3/b7-6+. The summed E-state index contributed by atoms with van der Waals surface area (Å²) in [6.45, 7) is 4.23. The third-order valence-corrected chi connectivity index (χ3v) is 3.89.